The standard InChI is InChI=1S/C16H18O.C2H6/c1-12-4-6-14(7-5-12)13(2)15-8-10-16(17-3)11-9-15;1-2/h4-11,13H,1-3H3;1-2H3. The molecule has 2 aromatic rings. The van der Waals surface area contributed by atoms with E-state index in [1.807, 2.05) is 26.0 Å². The Bertz CT molecular complexity index is 468. The van der Waals surface area contributed by atoms with Gasteiger partial charge in [0.2, 0.25) is 0 Å². The van der Waals surface area contributed by atoms with Crippen LogP contribution in [0.4, 0.5) is 0 Å². The van der Waals surface area contributed by atoms with Crippen molar-refractivity contribution in [1.29, 1.82) is 0 Å². The van der Waals surface area contributed by atoms with Gasteiger partial charge in [-0.15, -0.1) is 0 Å². The zero-order chi connectivity index (χ0) is 14.3. The fourth-order valence-corrected chi connectivity index (χ4v) is 1.94. The number of methoxy groups -OCH3 is 1. The summed E-state index contributed by atoms with van der Waals surface area (Å²) >= 11 is 0. The Morgan fingerprint density at radius 1 is 0.789 bits per heavy atom. The summed E-state index contributed by atoms with van der Waals surface area (Å²) in [4.78, 5) is 0. The van der Waals surface area contributed by atoms with Crippen molar-refractivity contribution in [2.45, 2.75) is 33.6 Å². The lowest BCUT2D eigenvalue weighted by Gasteiger charge is -2.13. The predicted octanol–water partition coefficient (Wildman–Crippen LogP) is 5.18. The highest BCUT2D eigenvalue weighted by Crippen LogP contribution is 2.25. The molecule has 1 nitrogen and oxygen atoms in total. The lowest BCUT2D eigenvalue weighted by atomic mass is 9.93. The maximum atomic E-state index is 5.17. The van der Waals surface area contributed by atoms with Gasteiger partial charge in [-0.05, 0) is 30.2 Å². The van der Waals surface area contributed by atoms with Crippen LogP contribution < -0.4 is 4.74 Å². The van der Waals surface area contributed by atoms with E-state index in [0.717, 1.165) is 5.75 Å². The Kier molecular flexibility index (Phi) is 6.14. The highest BCUT2D eigenvalue weighted by atomic mass is 16.5. The van der Waals surface area contributed by atoms with Crippen LogP contribution in [0.2, 0.25) is 0 Å². The molecule has 0 fully saturated rings. The molecule has 1 unspecified atom stereocenters. The van der Waals surface area contributed by atoms with E-state index >= 15 is 0 Å². The Labute approximate surface area is 117 Å². The van der Waals surface area contributed by atoms with Crippen LogP contribution >= 0.6 is 0 Å². The molecule has 0 aliphatic carbocycles. The molecule has 0 spiro atoms. The van der Waals surface area contributed by atoms with Crippen molar-refractivity contribution in [3.63, 3.8) is 0 Å². The van der Waals surface area contributed by atoms with Crippen molar-refractivity contribution < 1.29 is 4.74 Å². The van der Waals surface area contributed by atoms with Gasteiger partial charge in [-0.2, -0.15) is 0 Å². The summed E-state index contributed by atoms with van der Waals surface area (Å²) in [5.74, 6) is 1.33. The molecule has 2 rings (SSSR count). The quantitative estimate of drug-likeness (QED) is 0.735. The van der Waals surface area contributed by atoms with Crippen LogP contribution in [0.15, 0.2) is 48.5 Å². The SMILES string of the molecule is CC.COc1ccc(C(C)c2ccc(C)cc2)cc1. The second kappa shape index (κ2) is 7.63. The first-order valence-corrected chi connectivity index (χ1v) is 6.91. The largest absolute Gasteiger partial charge is 0.497 e. The molecular weight excluding hydrogens is 232 g/mol. The Morgan fingerprint density at radius 3 is 1.63 bits per heavy atom. The second-order valence-electron chi connectivity index (χ2n) is 4.41. The first kappa shape index (κ1) is 15.3. The minimum absolute atomic E-state index is 0.418. The van der Waals surface area contributed by atoms with Crippen LogP contribution in [-0.4, -0.2) is 7.11 Å². The molecule has 19 heavy (non-hydrogen) atoms. The van der Waals surface area contributed by atoms with E-state index in [-0.39, 0.29) is 0 Å². The predicted molar refractivity (Wildman–Crippen MR) is 83.0 cm³/mol. The van der Waals surface area contributed by atoms with E-state index in [9.17, 15) is 0 Å². The molecule has 0 heterocycles. The van der Waals surface area contributed by atoms with Gasteiger partial charge in [0.25, 0.3) is 0 Å². The minimum atomic E-state index is 0.418. The van der Waals surface area contributed by atoms with Crippen LogP contribution in [0.25, 0.3) is 0 Å². The third-order valence-corrected chi connectivity index (χ3v) is 3.19. The maximum Gasteiger partial charge on any atom is 0.118 e. The van der Waals surface area contributed by atoms with E-state index in [2.05, 4.69) is 50.2 Å². The molecule has 1 atom stereocenters. The Balaban J connectivity index is 0.000000861. The average molecular weight is 256 g/mol. The van der Waals surface area contributed by atoms with Gasteiger partial charge >= 0.3 is 0 Å². The topological polar surface area (TPSA) is 9.23 Å². The molecule has 2 aromatic carbocycles. The van der Waals surface area contributed by atoms with E-state index in [1.54, 1.807) is 7.11 Å². The molecular formula is C18H24O. The summed E-state index contributed by atoms with van der Waals surface area (Å²) < 4.78 is 5.17. The molecule has 0 aliphatic heterocycles. The van der Waals surface area contributed by atoms with Gasteiger partial charge in [-0.3, -0.25) is 0 Å². The molecule has 0 aromatic heterocycles. The first-order valence-electron chi connectivity index (χ1n) is 6.91. The lowest BCUT2D eigenvalue weighted by molar-refractivity contribution is 0.414. The van der Waals surface area contributed by atoms with E-state index < -0.39 is 0 Å². The highest BCUT2D eigenvalue weighted by Gasteiger charge is 2.07. The van der Waals surface area contributed by atoms with Gasteiger partial charge < -0.3 is 4.74 Å². The maximum absolute atomic E-state index is 5.17. The van der Waals surface area contributed by atoms with Crippen LogP contribution in [0, 0.1) is 6.92 Å². The van der Waals surface area contributed by atoms with Crippen LogP contribution in [-0.2, 0) is 0 Å². The van der Waals surface area contributed by atoms with Gasteiger partial charge in [-0.25, -0.2) is 0 Å². The molecule has 0 amide bonds. The lowest BCUT2D eigenvalue weighted by Crippen LogP contribution is -1.96. The van der Waals surface area contributed by atoms with Crippen molar-refractivity contribution in [1.82, 2.24) is 0 Å². The smallest absolute Gasteiger partial charge is 0.118 e. The van der Waals surface area contributed by atoms with Gasteiger partial charge in [0, 0.05) is 5.92 Å². The molecule has 0 aliphatic rings. The number of benzene rings is 2. The summed E-state index contributed by atoms with van der Waals surface area (Å²) in [7, 11) is 1.69. The number of hydrogen-bond donors (Lipinski definition) is 0. The van der Waals surface area contributed by atoms with Gasteiger partial charge in [-0.1, -0.05) is 62.7 Å². The summed E-state index contributed by atoms with van der Waals surface area (Å²) in [6.07, 6.45) is 0. The third kappa shape index (κ3) is 4.13. The Hall–Kier alpha value is -1.76. The normalized spacial score (nSPS) is 11.2. The molecule has 1 heteroatoms. The first-order chi connectivity index (χ1) is 9.20. The van der Waals surface area contributed by atoms with Crippen LogP contribution in [0.3, 0.4) is 0 Å². The van der Waals surface area contributed by atoms with Crippen molar-refractivity contribution >= 4 is 0 Å². The number of hydrogen-bond acceptors (Lipinski definition) is 1. The molecule has 0 radical (unpaired) electrons. The van der Waals surface area contributed by atoms with Crippen molar-refractivity contribution in [3.05, 3.63) is 65.2 Å². The van der Waals surface area contributed by atoms with Gasteiger partial charge in [0.15, 0.2) is 0 Å². The zero-order valence-electron chi connectivity index (χ0n) is 12.6. The average Bonchev–Trinajstić information content (AvgIpc) is 2.49. The molecule has 0 N–H and O–H groups in total. The summed E-state index contributed by atoms with van der Waals surface area (Å²) in [6.45, 7) is 8.34. The van der Waals surface area contributed by atoms with Crippen molar-refractivity contribution in [3.8, 4) is 5.75 Å². The number of aryl methyl sites for hydroxylation is 1. The minimum Gasteiger partial charge on any atom is -0.497 e. The van der Waals surface area contributed by atoms with E-state index in [4.69, 9.17) is 4.74 Å². The van der Waals surface area contributed by atoms with E-state index in [0.29, 0.717) is 5.92 Å². The summed E-state index contributed by atoms with van der Waals surface area (Å²) in [6, 6.07) is 17.0. The fourth-order valence-electron chi connectivity index (χ4n) is 1.94. The summed E-state index contributed by atoms with van der Waals surface area (Å²) in [5.41, 5.74) is 3.96. The number of ether oxygens (including phenoxy) is 1. The third-order valence-electron chi connectivity index (χ3n) is 3.19. The fraction of sp³-hybridized carbons (Fsp3) is 0.333. The zero-order valence-corrected chi connectivity index (χ0v) is 12.6. The monoisotopic (exact) mass is 256 g/mol. The van der Waals surface area contributed by atoms with Crippen LogP contribution in [0.1, 0.15) is 43.4 Å². The van der Waals surface area contributed by atoms with Gasteiger partial charge in [0.1, 0.15) is 5.75 Å². The molecule has 0 saturated heterocycles. The second-order valence-corrected chi connectivity index (χ2v) is 4.41. The van der Waals surface area contributed by atoms with Crippen LogP contribution in [0.5, 0.6) is 5.75 Å². The highest BCUT2D eigenvalue weighted by molar-refractivity contribution is 5.36. The summed E-state index contributed by atoms with van der Waals surface area (Å²) in [5, 5.41) is 0. The molecule has 0 saturated carbocycles. The van der Waals surface area contributed by atoms with Crippen molar-refractivity contribution in [2.24, 2.45) is 0 Å². The Morgan fingerprint density at radius 2 is 1.21 bits per heavy atom. The molecule has 102 valence electrons. The van der Waals surface area contributed by atoms with E-state index in [1.165, 1.54) is 16.7 Å². The molecule has 0 bridgehead atoms. The van der Waals surface area contributed by atoms with Gasteiger partial charge in [0.05, 0.1) is 7.11 Å². The van der Waals surface area contributed by atoms with Crippen molar-refractivity contribution in [2.75, 3.05) is 7.11 Å². The number of rotatable bonds is 3.